The van der Waals surface area contributed by atoms with Gasteiger partial charge in [-0.2, -0.15) is 0 Å². The minimum Gasteiger partial charge on any atom is -0.374 e. The monoisotopic (exact) mass is 494 g/mol. The smallest absolute Gasteiger partial charge is 0.148 e. The number of benzene rings is 2. The summed E-state index contributed by atoms with van der Waals surface area (Å²) in [5.41, 5.74) is 3.75. The van der Waals surface area contributed by atoms with Crippen LogP contribution in [0.3, 0.4) is 0 Å². The van der Waals surface area contributed by atoms with Gasteiger partial charge in [0.2, 0.25) is 0 Å². The molecule has 0 heterocycles. The summed E-state index contributed by atoms with van der Waals surface area (Å²) in [5.74, 6) is 0. The van der Waals surface area contributed by atoms with Crippen LogP contribution in [0.4, 0.5) is 0 Å². The molecular formula is C21H20Br2O4. The first kappa shape index (κ1) is 20.4. The van der Waals surface area contributed by atoms with E-state index in [0.717, 1.165) is 43.8 Å². The third-order valence-electron chi connectivity index (χ3n) is 5.29. The zero-order chi connectivity index (χ0) is 19.6. The molecule has 0 bridgehead atoms. The number of rotatable bonds is 8. The number of halogens is 2. The molecule has 142 valence electrons. The Morgan fingerprint density at radius 2 is 1.26 bits per heavy atom. The lowest BCUT2D eigenvalue weighted by molar-refractivity contribution is -0.118. The van der Waals surface area contributed by atoms with Crippen LogP contribution in [0.2, 0.25) is 0 Å². The molecule has 0 radical (unpaired) electrons. The maximum Gasteiger partial charge on any atom is 0.148 e. The fourth-order valence-corrected chi connectivity index (χ4v) is 4.75. The highest BCUT2D eigenvalue weighted by molar-refractivity contribution is 9.10. The Bertz CT molecular complexity index is 794. The fourth-order valence-electron chi connectivity index (χ4n) is 4.02. The van der Waals surface area contributed by atoms with Crippen LogP contribution < -0.4 is 0 Å². The highest BCUT2D eigenvalue weighted by atomic mass is 79.9. The van der Waals surface area contributed by atoms with Gasteiger partial charge in [0.15, 0.2) is 0 Å². The molecule has 0 spiro atoms. The van der Waals surface area contributed by atoms with Crippen molar-refractivity contribution in [2.45, 2.75) is 30.5 Å². The molecule has 6 heteroatoms. The van der Waals surface area contributed by atoms with E-state index < -0.39 is 17.6 Å². The molecule has 27 heavy (non-hydrogen) atoms. The molecule has 0 N–H and O–H groups in total. The van der Waals surface area contributed by atoms with E-state index in [-0.39, 0.29) is 0 Å². The second kappa shape index (κ2) is 8.35. The third-order valence-corrected chi connectivity index (χ3v) is 6.28. The largest absolute Gasteiger partial charge is 0.374 e. The lowest BCUT2D eigenvalue weighted by Gasteiger charge is -2.35. The Kier molecular flexibility index (Phi) is 6.31. The molecule has 2 unspecified atom stereocenters. The normalized spacial score (nSPS) is 16.3. The Balaban J connectivity index is 2.29. The van der Waals surface area contributed by atoms with E-state index >= 15 is 0 Å². The number of ether oxygens (including phenoxy) is 2. The van der Waals surface area contributed by atoms with Crippen molar-refractivity contribution in [3.8, 4) is 11.1 Å². The molecule has 0 fully saturated rings. The van der Waals surface area contributed by atoms with Crippen LogP contribution in [0.5, 0.6) is 0 Å². The standard InChI is InChI=1S/C21H20Br2O4/c1-26-15(11-24)9-21(10-16(12-25)27-2)19-7-13(22)3-5-17(19)18-6-4-14(23)8-20(18)21/h3-8,11-12,15-16H,9-10H2,1-2H3. The molecule has 0 aliphatic heterocycles. The van der Waals surface area contributed by atoms with Crippen molar-refractivity contribution in [3.63, 3.8) is 0 Å². The van der Waals surface area contributed by atoms with Crippen molar-refractivity contribution in [2.24, 2.45) is 0 Å². The predicted molar refractivity (Wildman–Crippen MR) is 111 cm³/mol. The SMILES string of the molecule is COC(C=O)CC1(CC(C=O)OC)c2cc(Br)ccc2-c2ccc(Br)cc21. The molecule has 3 rings (SSSR count). The summed E-state index contributed by atoms with van der Waals surface area (Å²) < 4.78 is 12.7. The Hall–Kier alpha value is -1.34. The second-order valence-corrected chi connectivity index (χ2v) is 8.52. The van der Waals surface area contributed by atoms with Crippen molar-refractivity contribution in [2.75, 3.05) is 14.2 Å². The van der Waals surface area contributed by atoms with E-state index in [0.29, 0.717) is 12.8 Å². The molecule has 0 saturated carbocycles. The van der Waals surface area contributed by atoms with Crippen molar-refractivity contribution in [1.82, 2.24) is 0 Å². The van der Waals surface area contributed by atoms with Crippen LogP contribution in [-0.2, 0) is 24.5 Å². The average Bonchev–Trinajstić information content (AvgIpc) is 2.93. The van der Waals surface area contributed by atoms with Crippen LogP contribution in [-0.4, -0.2) is 39.0 Å². The van der Waals surface area contributed by atoms with Crippen LogP contribution in [0.15, 0.2) is 45.3 Å². The molecular weight excluding hydrogens is 476 g/mol. The zero-order valence-corrected chi connectivity index (χ0v) is 18.2. The van der Waals surface area contributed by atoms with E-state index in [4.69, 9.17) is 9.47 Å². The summed E-state index contributed by atoms with van der Waals surface area (Å²) in [6.07, 6.45) is 1.30. The first-order valence-corrected chi connectivity index (χ1v) is 10.1. The number of aldehydes is 2. The summed E-state index contributed by atoms with van der Waals surface area (Å²) in [4.78, 5) is 23.2. The number of carbonyl (C=O) groups excluding carboxylic acids is 2. The van der Waals surface area contributed by atoms with Gasteiger partial charge in [0.1, 0.15) is 24.8 Å². The van der Waals surface area contributed by atoms with Gasteiger partial charge in [0, 0.05) is 28.6 Å². The summed E-state index contributed by atoms with van der Waals surface area (Å²) in [6, 6.07) is 12.3. The first-order chi connectivity index (χ1) is 13.0. The average molecular weight is 496 g/mol. The third kappa shape index (κ3) is 3.68. The molecule has 1 aliphatic carbocycles. The van der Waals surface area contributed by atoms with Crippen molar-refractivity contribution < 1.29 is 19.1 Å². The molecule has 0 aromatic heterocycles. The second-order valence-electron chi connectivity index (χ2n) is 6.69. The van der Waals surface area contributed by atoms with Crippen molar-refractivity contribution in [1.29, 1.82) is 0 Å². The fraction of sp³-hybridized carbons (Fsp3) is 0.333. The van der Waals surface area contributed by atoms with Crippen LogP contribution in [0, 0.1) is 0 Å². The zero-order valence-electron chi connectivity index (χ0n) is 15.1. The van der Waals surface area contributed by atoms with Gasteiger partial charge in [-0.05, 0) is 59.4 Å². The summed E-state index contributed by atoms with van der Waals surface area (Å²) in [5, 5.41) is 0. The van der Waals surface area contributed by atoms with Gasteiger partial charge in [0.05, 0.1) is 0 Å². The van der Waals surface area contributed by atoms with Gasteiger partial charge in [-0.1, -0.05) is 44.0 Å². The number of fused-ring (bicyclic) bond motifs is 3. The Morgan fingerprint density at radius 3 is 1.59 bits per heavy atom. The van der Waals surface area contributed by atoms with Crippen LogP contribution in [0.25, 0.3) is 11.1 Å². The van der Waals surface area contributed by atoms with Crippen molar-refractivity contribution >= 4 is 44.4 Å². The van der Waals surface area contributed by atoms with Crippen LogP contribution in [0.1, 0.15) is 24.0 Å². The topological polar surface area (TPSA) is 52.6 Å². The lowest BCUT2D eigenvalue weighted by atomic mass is 9.70. The van der Waals surface area contributed by atoms with E-state index in [9.17, 15) is 9.59 Å². The quantitative estimate of drug-likeness (QED) is 0.498. The predicted octanol–water partition coefficient (Wildman–Crippen LogP) is 4.69. The summed E-state index contributed by atoms with van der Waals surface area (Å²) >= 11 is 7.13. The molecule has 2 aromatic rings. The number of hydrogen-bond acceptors (Lipinski definition) is 4. The minimum absolute atomic E-state index is 0.424. The number of methoxy groups -OCH3 is 2. The number of hydrogen-bond donors (Lipinski definition) is 0. The molecule has 0 saturated heterocycles. The minimum atomic E-state index is -0.592. The van der Waals surface area contributed by atoms with E-state index in [1.165, 1.54) is 14.2 Å². The summed E-state index contributed by atoms with van der Waals surface area (Å²) in [6.45, 7) is 0. The highest BCUT2D eigenvalue weighted by Gasteiger charge is 2.46. The molecule has 2 aromatic carbocycles. The molecule has 4 nitrogen and oxygen atoms in total. The van der Waals surface area contributed by atoms with Gasteiger partial charge in [-0.25, -0.2) is 0 Å². The van der Waals surface area contributed by atoms with E-state index in [2.05, 4.69) is 56.1 Å². The van der Waals surface area contributed by atoms with Gasteiger partial charge in [0.25, 0.3) is 0 Å². The van der Waals surface area contributed by atoms with Gasteiger partial charge >= 0.3 is 0 Å². The van der Waals surface area contributed by atoms with E-state index in [1.54, 1.807) is 0 Å². The first-order valence-electron chi connectivity index (χ1n) is 8.55. The van der Waals surface area contributed by atoms with Gasteiger partial charge < -0.3 is 19.1 Å². The van der Waals surface area contributed by atoms with Crippen molar-refractivity contribution in [3.05, 3.63) is 56.5 Å². The highest BCUT2D eigenvalue weighted by Crippen LogP contribution is 2.55. The lowest BCUT2D eigenvalue weighted by Crippen LogP contribution is -2.36. The van der Waals surface area contributed by atoms with Gasteiger partial charge in [-0.3, -0.25) is 0 Å². The molecule has 0 amide bonds. The van der Waals surface area contributed by atoms with E-state index in [1.807, 2.05) is 12.1 Å². The van der Waals surface area contributed by atoms with Crippen LogP contribution >= 0.6 is 31.9 Å². The Labute approximate surface area is 175 Å². The Morgan fingerprint density at radius 1 is 0.852 bits per heavy atom. The maximum atomic E-state index is 11.6. The maximum absolute atomic E-state index is 11.6. The van der Waals surface area contributed by atoms with Gasteiger partial charge in [-0.15, -0.1) is 0 Å². The number of carbonyl (C=O) groups is 2. The molecule has 2 atom stereocenters. The summed E-state index contributed by atoms with van der Waals surface area (Å²) in [7, 11) is 3.05. The molecule has 1 aliphatic rings.